The van der Waals surface area contributed by atoms with Crippen LogP contribution in [-0.4, -0.2) is 23.5 Å². The first-order valence-corrected chi connectivity index (χ1v) is 12.2. The van der Waals surface area contributed by atoms with E-state index in [4.69, 9.17) is 5.11 Å². The van der Waals surface area contributed by atoms with Crippen LogP contribution in [0.15, 0.2) is 48.5 Å². The Balaban J connectivity index is 1.54. The molecule has 32 heavy (non-hydrogen) atoms. The Morgan fingerprint density at radius 2 is 1.78 bits per heavy atom. The molecule has 1 saturated carbocycles. The first-order valence-electron chi connectivity index (χ1n) is 11.4. The van der Waals surface area contributed by atoms with Gasteiger partial charge in [-0.15, -0.1) is 11.3 Å². The standard InChI is InChI=1S/C26H30N2O3S/c1-17-21-9-5-6-10-22(21)32-25(17)24(18-7-3-2-4-8-18)28-20-13-11-19(12-14-20)26(31)27-16-15-23(29)30/h5-6,9-14,18,24,28H,2-4,7-8,15-16H2,1H3,(H,27,31)(H,29,30). The lowest BCUT2D eigenvalue weighted by atomic mass is 9.82. The van der Waals surface area contributed by atoms with Gasteiger partial charge in [0.25, 0.3) is 5.91 Å². The number of carboxylic acids is 1. The Bertz CT molecular complexity index is 1080. The Hall–Kier alpha value is -2.86. The number of hydrogen-bond acceptors (Lipinski definition) is 4. The number of aryl methyl sites for hydroxylation is 1. The van der Waals surface area contributed by atoms with E-state index < -0.39 is 5.97 Å². The van der Waals surface area contributed by atoms with Gasteiger partial charge in [-0.3, -0.25) is 9.59 Å². The number of carboxylic acid groups (broad SMARTS) is 1. The second-order valence-corrected chi connectivity index (χ2v) is 9.67. The SMILES string of the molecule is Cc1c(C(Nc2ccc(C(=O)NCCC(=O)O)cc2)C2CCCCC2)sc2ccccc12. The fourth-order valence-corrected chi connectivity index (χ4v) is 5.99. The smallest absolute Gasteiger partial charge is 0.305 e. The molecule has 1 amide bonds. The quantitative estimate of drug-likeness (QED) is 0.385. The number of anilines is 1. The minimum absolute atomic E-state index is 0.0804. The van der Waals surface area contributed by atoms with E-state index in [1.165, 1.54) is 52.6 Å². The largest absolute Gasteiger partial charge is 0.481 e. The molecule has 2 aromatic carbocycles. The van der Waals surface area contributed by atoms with Crippen LogP contribution in [0.2, 0.25) is 0 Å². The summed E-state index contributed by atoms with van der Waals surface area (Å²) in [6.07, 6.45) is 6.26. The molecule has 1 unspecified atom stereocenters. The molecule has 6 heteroatoms. The van der Waals surface area contributed by atoms with Crippen LogP contribution in [0.1, 0.15) is 65.4 Å². The average Bonchev–Trinajstić information content (AvgIpc) is 3.14. The van der Waals surface area contributed by atoms with Crippen molar-refractivity contribution in [3.05, 3.63) is 64.5 Å². The third kappa shape index (κ3) is 5.13. The summed E-state index contributed by atoms with van der Waals surface area (Å²) < 4.78 is 1.33. The van der Waals surface area contributed by atoms with Gasteiger partial charge in [-0.05, 0) is 67.0 Å². The van der Waals surface area contributed by atoms with E-state index in [1.807, 2.05) is 23.5 Å². The Morgan fingerprint density at radius 3 is 2.47 bits per heavy atom. The van der Waals surface area contributed by atoms with E-state index in [9.17, 15) is 9.59 Å². The average molecular weight is 451 g/mol. The fraction of sp³-hybridized carbons (Fsp3) is 0.385. The number of fused-ring (bicyclic) bond motifs is 1. The summed E-state index contributed by atoms with van der Waals surface area (Å²) in [6, 6.07) is 16.4. The van der Waals surface area contributed by atoms with Crippen molar-refractivity contribution < 1.29 is 14.7 Å². The van der Waals surface area contributed by atoms with Gasteiger partial charge >= 0.3 is 5.97 Å². The van der Waals surface area contributed by atoms with Crippen LogP contribution >= 0.6 is 11.3 Å². The maximum atomic E-state index is 12.2. The molecule has 1 fully saturated rings. The lowest BCUT2D eigenvalue weighted by molar-refractivity contribution is -0.136. The number of hydrogen-bond donors (Lipinski definition) is 3. The lowest BCUT2D eigenvalue weighted by Gasteiger charge is -2.32. The summed E-state index contributed by atoms with van der Waals surface area (Å²) in [5, 5.41) is 16.5. The van der Waals surface area contributed by atoms with Crippen molar-refractivity contribution >= 4 is 39.0 Å². The van der Waals surface area contributed by atoms with Crippen molar-refractivity contribution in [2.45, 2.75) is 51.5 Å². The molecule has 5 nitrogen and oxygen atoms in total. The molecule has 0 aliphatic heterocycles. The number of amides is 1. The van der Waals surface area contributed by atoms with E-state index >= 15 is 0 Å². The van der Waals surface area contributed by atoms with Crippen LogP contribution in [0, 0.1) is 12.8 Å². The summed E-state index contributed by atoms with van der Waals surface area (Å²) in [5.41, 5.74) is 2.90. The molecule has 1 aliphatic rings. The van der Waals surface area contributed by atoms with Crippen LogP contribution in [0.25, 0.3) is 10.1 Å². The van der Waals surface area contributed by atoms with Gasteiger partial charge in [-0.25, -0.2) is 0 Å². The molecular weight excluding hydrogens is 420 g/mol. The molecule has 0 saturated heterocycles. The van der Waals surface area contributed by atoms with Gasteiger partial charge in [0, 0.05) is 27.4 Å². The number of benzene rings is 2. The van der Waals surface area contributed by atoms with Gasteiger partial charge in [0.1, 0.15) is 0 Å². The third-order valence-corrected chi connectivity index (χ3v) is 7.73. The highest BCUT2D eigenvalue weighted by atomic mass is 32.1. The second-order valence-electron chi connectivity index (χ2n) is 8.58. The summed E-state index contributed by atoms with van der Waals surface area (Å²) in [5.74, 6) is -0.577. The molecule has 1 aromatic heterocycles. The van der Waals surface area contributed by atoms with Crippen molar-refractivity contribution in [2.24, 2.45) is 5.92 Å². The van der Waals surface area contributed by atoms with E-state index in [0.717, 1.165) is 5.69 Å². The molecule has 3 N–H and O–H groups in total. The van der Waals surface area contributed by atoms with Crippen molar-refractivity contribution in [1.29, 1.82) is 0 Å². The summed E-state index contributed by atoms with van der Waals surface area (Å²) >= 11 is 1.89. The first kappa shape index (κ1) is 22.3. The first-order chi connectivity index (χ1) is 15.5. The maximum Gasteiger partial charge on any atom is 0.305 e. The monoisotopic (exact) mass is 450 g/mol. The highest BCUT2D eigenvalue weighted by Crippen LogP contribution is 2.43. The minimum Gasteiger partial charge on any atom is -0.481 e. The van der Waals surface area contributed by atoms with Crippen LogP contribution < -0.4 is 10.6 Å². The molecule has 0 spiro atoms. The zero-order valence-electron chi connectivity index (χ0n) is 18.4. The molecular formula is C26H30N2O3S. The number of aliphatic carboxylic acids is 1. The second kappa shape index (κ2) is 10.2. The van der Waals surface area contributed by atoms with Gasteiger partial charge in [0.05, 0.1) is 12.5 Å². The van der Waals surface area contributed by atoms with Gasteiger partial charge in [-0.2, -0.15) is 0 Å². The predicted octanol–water partition coefficient (Wildman–Crippen LogP) is 6.15. The van der Waals surface area contributed by atoms with E-state index in [2.05, 4.69) is 41.8 Å². The van der Waals surface area contributed by atoms with Gasteiger partial charge in [-0.1, -0.05) is 37.5 Å². The Labute approximate surface area is 192 Å². The van der Waals surface area contributed by atoms with Crippen LogP contribution in [0.3, 0.4) is 0 Å². The summed E-state index contributed by atoms with van der Waals surface area (Å²) in [6.45, 7) is 2.36. The maximum absolute atomic E-state index is 12.2. The molecule has 0 radical (unpaired) electrons. The van der Waals surface area contributed by atoms with Crippen molar-refractivity contribution in [3.63, 3.8) is 0 Å². The number of carbonyl (C=O) groups excluding carboxylic acids is 1. The normalized spacial score (nSPS) is 15.4. The summed E-state index contributed by atoms with van der Waals surface area (Å²) in [4.78, 5) is 24.3. The highest BCUT2D eigenvalue weighted by molar-refractivity contribution is 7.19. The molecule has 3 aromatic rings. The highest BCUT2D eigenvalue weighted by Gasteiger charge is 2.28. The van der Waals surface area contributed by atoms with Gasteiger partial charge in [0.15, 0.2) is 0 Å². The third-order valence-electron chi connectivity index (χ3n) is 6.38. The zero-order chi connectivity index (χ0) is 22.5. The molecule has 1 atom stereocenters. The van der Waals surface area contributed by atoms with E-state index in [-0.39, 0.29) is 24.9 Å². The van der Waals surface area contributed by atoms with Crippen molar-refractivity contribution in [3.8, 4) is 0 Å². The number of nitrogens with one attached hydrogen (secondary N) is 2. The Morgan fingerprint density at radius 1 is 1.06 bits per heavy atom. The molecule has 0 bridgehead atoms. The topological polar surface area (TPSA) is 78.4 Å². The van der Waals surface area contributed by atoms with Gasteiger partial charge in [0.2, 0.25) is 0 Å². The van der Waals surface area contributed by atoms with Crippen LogP contribution in [0.5, 0.6) is 0 Å². The molecule has 168 valence electrons. The molecule has 4 rings (SSSR count). The van der Waals surface area contributed by atoms with Crippen LogP contribution in [-0.2, 0) is 4.79 Å². The molecule has 1 aliphatic carbocycles. The van der Waals surface area contributed by atoms with Crippen molar-refractivity contribution in [2.75, 3.05) is 11.9 Å². The molecule has 1 heterocycles. The Kier molecular flexibility index (Phi) is 7.10. The predicted molar refractivity (Wildman–Crippen MR) is 131 cm³/mol. The van der Waals surface area contributed by atoms with Gasteiger partial charge < -0.3 is 15.7 Å². The number of carbonyl (C=O) groups is 2. The van der Waals surface area contributed by atoms with E-state index in [1.54, 1.807) is 12.1 Å². The summed E-state index contributed by atoms with van der Waals surface area (Å²) in [7, 11) is 0. The van der Waals surface area contributed by atoms with E-state index in [0.29, 0.717) is 11.5 Å². The van der Waals surface area contributed by atoms with Crippen LogP contribution in [0.4, 0.5) is 5.69 Å². The fourth-order valence-electron chi connectivity index (χ4n) is 4.64. The number of rotatable bonds is 8. The lowest BCUT2D eigenvalue weighted by Crippen LogP contribution is -2.26. The minimum atomic E-state index is -0.921. The number of thiophene rings is 1. The van der Waals surface area contributed by atoms with Crippen molar-refractivity contribution in [1.82, 2.24) is 5.32 Å². The zero-order valence-corrected chi connectivity index (χ0v) is 19.2.